The fourth-order valence-corrected chi connectivity index (χ4v) is 2.34. The molecular weight excluding hydrogens is 417 g/mol. The summed E-state index contributed by atoms with van der Waals surface area (Å²) in [5, 5.41) is 6.66. The predicted molar refractivity (Wildman–Crippen MR) is 112 cm³/mol. The molecule has 0 spiro atoms. The normalized spacial score (nSPS) is 10.8. The first kappa shape index (κ1) is 22.8. The lowest BCUT2D eigenvalue weighted by atomic mass is 10.2. The van der Waals surface area contributed by atoms with Crippen molar-refractivity contribution in [3.63, 3.8) is 0 Å². The molecule has 0 amide bonds. The number of para-hydroxylation sites is 1. The summed E-state index contributed by atoms with van der Waals surface area (Å²) in [6, 6.07) is 5.86. The summed E-state index contributed by atoms with van der Waals surface area (Å²) in [6.45, 7) is 6.63. The molecule has 0 unspecified atom stereocenters. The molecule has 24 heavy (non-hydrogen) atoms. The van der Waals surface area contributed by atoms with E-state index in [4.69, 9.17) is 9.47 Å². The lowest BCUT2D eigenvalue weighted by molar-refractivity contribution is 0.352. The van der Waals surface area contributed by atoms with Crippen molar-refractivity contribution in [3.8, 4) is 11.5 Å². The molecule has 0 radical (unpaired) electrons. The number of methoxy groups -OCH3 is 2. The Balaban J connectivity index is 0.00000529. The molecule has 0 aliphatic rings. The molecule has 0 atom stereocenters. The minimum atomic E-state index is 0. The Morgan fingerprint density at radius 2 is 1.83 bits per heavy atom. The number of benzene rings is 1. The number of guanidine groups is 1. The molecule has 6 heteroatoms. The lowest BCUT2D eigenvalue weighted by Gasteiger charge is -2.13. The van der Waals surface area contributed by atoms with Gasteiger partial charge in [-0.15, -0.1) is 24.0 Å². The summed E-state index contributed by atoms with van der Waals surface area (Å²) in [6.07, 6.45) is 4.97. The van der Waals surface area contributed by atoms with Gasteiger partial charge in [-0.25, -0.2) is 4.99 Å². The van der Waals surface area contributed by atoms with Gasteiger partial charge in [0, 0.05) is 18.7 Å². The molecule has 1 rings (SSSR count). The van der Waals surface area contributed by atoms with Crippen molar-refractivity contribution >= 4 is 29.9 Å². The Morgan fingerprint density at radius 3 is 2.46 bits per heavy atom. The summed E-state index contributed by atoms with van der Waals surface area (Å²) in [5.41, 5.74) is 1.01. The molecule has 0 fully saturated rings. The SMILES string of the molecule is CCCCCCNC(=NCc1cccc(OC)c1OC)NCC.I. The van der Waals surface area contributed by atoms with Gasteiger partial charge in [-0.1, -0.05) is 38.3 Å². The second-order valence-corrected chi connectivity index (χ2v) is 5.34. The minimum absolute atomic E-state index is 0. The van der Waals surface area contributed by atoms with Gasteiger partial charge in [0.05, 0.1) is 20.8 Å². The Kier molecular flexibility index (Phi) is 13.5. The van der Waals surface area contributed by atoms with Crippen LogP contribution in [0.15, 0.2) is 23.2 Å². The second-order valence-electron chi connectivity index (χ2n) is 5.34. The fourth-order valence-electron chi connectivity index (χ4n) is 2.34. The molecule has 1 aromatic carbocycles. The number of hydrogen-bond acceptors (Lipinski definition) is 3. The van der Waals surface area contributed by atoms with Gasteiger partial charge < -0.3 is 20.1 Å². The first-order chi connectivity index (χ1) is 11.3. The molecule has 0 saturated carbocycles. The summed E-state index contributed by atoms with van der Waals surface area (Å²) >= 11 is 0. The highest BCUT2D eigenvalue weighted by Gasteiger charge is 2.09. The Bertz CT molecular complexity index is 481. The van der Waals surface area contributed by atoms with Gasteiger partial charge in [-0.2, -0.15) is 0 Å². The smallest absolute Gasteiger partial charge is 0.191 e. The molecule has 1 aromatic rings. The van der Waals surface area contributed by atoms with Gasteiger partial charge in [0.1, 0.15) is 0 Å². The number of hydrogen-bond donors (Lipinski definition) is 2. The number of ether oxygens (including phenoxy) is 2. The van der Waals surface area contributed by atoms with Crippen LogP contribution in [0.1, 0.15) is 45.1 Å². The number of nitrogens with zero attached hydrogens (tertiary/aromatic N) is 1. The highest BCUT2D eigenvalue weighted by molar-refractivity contribution is 14.0. The summed E-state index contributed by atoms with van der Waals surface area (Å²) in [7, 11) is 3.30. The lowest BCUT2D eigenvalue weighted by Crippen LogP contribution is -2.37. The van der Waals surface area contributed by atoms with E-state index in [9.17, 15) is 0 Å². The van der Waals surface area contributed by atoms with Crippen molar-refractivity contribution in [2.24, 2.45) is 4.99 Å². The molecule has 0 heterocycles. The van der Waals surface area contributed by atoms with E-state index in [1.807, 2.05) is 18.2 Å². The van der Waals surface area contributed by atoms with Crippen LogP contribution in [0, 0.1) is 0 Å². The van der Waals surface area contributed by atoms with E-state index in [2.05, 4.69) is 29.5 Å². The molecular formula is C18H32IN3O2. The van der Waals surface area contributed by atoms with Gasteiger partial charge in [0.25, 0.3) is 0 Å². The second kappa shape index (κ2) is 14.2. The fraction of sp³-hybridized carbons (Fsp3) is 0.611. The Hall–Kier alpha value is -1.18. The number of halogens is 1. The first-order valence-electron chi connectivity index (χ1n) is 8.48. The van der Waals surface area contributed by atoms with E-state index >= 15 is 0 Å². The Morgan fingerprint density at radius 1 is 1.04 bits per heavy atom. The molecule has 0 aromatic heterocycles. The third-order valence-corrected chi connectivity index (χ3v) is 3.56. The average molecular weight is 449 g/mol. The van der Waals surface area contributed by atoms with Crippen molar-refractivity contribution in [1.82, 2.24) is 10.6 Å². The van der Waals surface area contributed by atoms with Gasteiger partial charge >= 0.3 is 0 Å². The van der Waals surface area contributed by atoms with Crippen LogP contribution in [0.3, 0.4) is 0 Å². The van der Waals surface area contributed by atoms with Crippen molar-refractivity contribution < 1.29 is 9.47 Å². The quantitative estimate of drug-likeness (QED) is 0.246. The summed E-state index contributed by atoms with van der Waals surface area (Å²) in [4.78, 5) is 4.64. The van der Waals surface area contributed by atoms with Crippen LogP contribution in [0.2, 0.25) is 0 Å². The van der Waals surface area contributed by atoms with E-state index in [1.165, 1.54) is 25.7 Å². The summed E-state index contributed by atoms with van der Waals surface area (Å²) in [5.74, 6) is 2.32. The first-order valence-corrected chi connectivity index (χ1v) is 8.48. The van der Waals surface area contributed by atoms with Crippen molar-refractivity contribution in [3.05, 3.63) is 23.8 Å². The topological polar surface area (TPSA) is 54.9 Å². The maximum Gasteiger partial charge on any atom is 0.191 e. The van der Waals surface area contributed by atoms with E-state index in [0.29, 0.717) is 6.54 Å². The number of rotatable bonds is 10. The largest absolute Gasteiger partial charge is 0.493 e. The van der Waals surface area contributed by atoms with Gasteiger partial charge in [0.2, 0.25) is 0 Å². The highest BCUT2D eigenvalue weighted by atomic mass is 127. The van der Waals surface area contributed by atoms with Crippen LogP contribution in [0.5, 0.6) is 11.5 Å². The Labute approximate surface area is 163 Å². The molecule has 5 nitrogen and oxygen atoms in total. The third kappa shape index (κ3) is 8.08. The zero-order valence-electron chi connectivity index (χ0n) is 15.4. The van der Waals surface area contributed by atoms with E-state index in [-0.39, 0.29) is 24.0 Å². The van der Waals surface area contributed by atoms with Crippen molar-refractivity contribution in [1.29, 1.82) is 0 Å². The number of unbranched alkanes of at least 4 members (excludes halogenated alkanes) is 3. The van der Waals surface area contributed by atoms with Gasteiger partial charge in [-0.3, -0.25) is 0 Å². The van der Waals surface area contributed by atoms with Crippen LogP contribution in [-0.2, 0) is 6.54 Å². The van der Waals surface area contributed by atoms with Crippen LogP contribution >= 0.6 is 24.0 Å². The van der Waals surface area contributed by atoms with Crippen molar-refractivity contribution in [2.75, 3.05) is 27.3 Å². The molecule has 2 N–H and O–H groups in total. The highest BCUT2D eigenvalue weighted by Crippen LogP contribution is 2.30. The molecule has 0 bridgehead atoms. The molecule has 138 valence electrons. The summed E-state index contributed by atoms with van der Waals surface area (Å²) < 4.78 is 10.8. The predicted octanol–water partition coefficient (Wildman–Crippen LogP) is 3.96. The molecule has 0 saturated heterocycles. The van der Waals surface area contributed by atoms with Crippen molar-refractivity contribution in [2.45, 2.75) is 46.1 Å². The maximum atomic E-state index is 5.45. The van der Waals surface area contributed by atoms with E-state index in [0.717, 1.165) is 36.1 Å². The van der Waals surface area contributed by atoms with Crippen LogP contribution in [0.25, 0.3) is 0 Å². The standard InChI is InChI=1S/C18H31N3O2.HI/c1-5-7-8-9-13-20-18(19-6-2)21-14-15-11-10-12-16(22-3)17(15)23-4;/h10-12H,5-9,13-14H2,1-4H3,(H2,19,20,21);1H. The minimum Gasteiger partial charge on any atom is -0.493 e. The number of nitrogens with one attached hydrogen (secondary N) is 2. The van der Waals surface area contributed by atoms with Crippen LogP contribution in [-0.4, -0.2) is 33.3 Å². The zero-order chi connectivity index (χ0) is 16.9. The third-order valence-electron chi connectivity index (χ3n) is 3.56. The number of aliphatic imine (C=N–C) groups is 1. The zero-order valence-corrected chi connectivity index (χ0v) is 17.7. The van der Waals surface area contributed by atoms with Crippen LogP contribution < -0.4 is 20.1 Å². The average Bonchev–Trinajstić information content (AvgIpc) is 2.58. The monoisotopic (exact) mass is 449 g/mol. The molecule has 0 aliphatic heterocycles. The van der Waals surface area contributed by atoms with Crippen LogP contribution in [0.4, 0.5) is 0 Å². The maximum absolute atomic E-state index is 5.45. The molecule has 0 aliphatic carbocycles. The van der Waals surface area contributed by atoms with Gasteiger partial charge in [0.15, 0.2) is 17.5 Å². The van der Waals surface area contributed by atoms with E-state index < -0.39 is 0 Å². The van der Waals surface area contributed by atoms with Gasteiger partial charge in [-0.05, 0) is 19.4 Å². The van der Waals surface area contributed by atoms with E-state index in [1.54, 1.807) is 14.2 Å².